The van der Waals surface area contributed by atoms with Crippen molar-refractivity contribution >= 4 is 17.5 Å². The third kappa shape index (κ3) is 3.31. The highest BCUT2D eigenvalue weighted by molar-refractivity contribution is 6.06. The Kier molecular flexibility index (Phi) is 5.02. The van der Waals surface area contributed by atoms with E-state index in [0.29, 0.717) is 28.2 Å². The van der Waals surface area contributed by atoms with Gasteiger partial charge in [-0.05, 0) is 24.3 Å². The van der Waals surface area contributed by atoms with Crippen molar-refractivity contribution in [1.82, 2.24) is 0 Å². The fraction of sp³-hybridized carbons (Fsp3) is 0.250. The number of fused-ring (bicyclic) bond motifs is 1. The summed E-state index contributed by atoms with van der Waals surface area (Å²) < 4.78 is 15.5. The lowest BCUT2D eigenvalue weighted by Crippen LogP contribution is -2.30. The Morgan fingerprint density at radius 3 is 2.42 bits per heavy atom. The number of methoxy groups -OCH3 is 2. The average molecular weight is 354 g/mol. The molecule has 0 amide bonds. The second-order valence-electron chi connectivity index (χ2n) is 5.91. The monoisotopic (exact) mass is 354 g/mol. The van der Waals surface area contributed by atoms with E-state index in [-0.39, 0.29) is 24.6 Å². The molecule has 0 N–H and O–H groups in total. The molecule has 0 saturated heterocycles. The van der Waals surface area contributed by atoms with Crippen LogP contribution in [0.2, 0.25) is 0 Å². The summed E-state index contributed by atoms with van der Waals surface area (Å²) in [6.07, 6.45) is 0.0348. The van der Waals surface area contributed by atoms with Gasteiger partial charge in [-0.25, -0.2) is 4.79 Å². The zero-order valence-corrected chi connectivity index (χ0v) is 14.5. The van der Waals surface area contributed by atoms with Crippen molar-refractivity contribution in [3.63, 3.8) is 0 Å². The van der Waals surface area contributed by atoms with Crippen LogP contribution in [-0.4, -0.2) is 38.4 Å². The number of hydrogen-bond acceptors (Lipinski definition) is 6. The highest BCUT2D eigenvalue weighted by Gasteiger charge is 2.32. The van der Waals surface area contributed by atoms with E-state index < -0.39 is 11.9 Å². The van der Waals surface area contributed by atoms with Crippen LogP contribution in [0.25, 0.3) is 0 Å². The topological polar surface area (TPSA) is 78.9 Å². The van der Waals surface area contributed by atoms with Gasteiger partial charge in [-0.2, -0.15) is 0 Å². The molecule has 1 aliphatic heterocycles. The van der Waals surface area contributed by atoms with Crippen LogP contribution in [0.15, 0.2) is 42.5 Å². The van der Waals surface area contributed by atoms with Crippen LogP contribution in [0.1, 0.15) is 37.5 Å². The van der Waals surface area contributed by atoms with Crippen LogP contribution in [0.4, 0.5) is 0 Å². The first-order valence-corrected chi connectivity index (χ1v) is 8.10. The molecule has 0 radical (unpaired) electrons. The Morgan fingerprint density at radius 1 is 1.08 bits per heavy atom. The van der Waals surface area contributed by atoms with Gasteiger partial charge in [0.1, 0.15) is 0 Å². The smallest absolute Gasteiger partial charge is 0.337 e. The number of hydrogen-bond donors (Lipinski definition) is 0. The van der Waals surface area contributed by atoms with Gasteiger partial charge < -0.3 is 14.2 Å². The highest BCUT2D eigenvalue weighted by Crippen LogP contribution is 2.36. The van der Waals surface area contributed by atoms with Crippen LogP contribution < -0.4 is 9.47 Å². The summed E-state index contributed by atoms with van der Waals surface area (Å²) in [7, 11) is 2.81. The van der Waals surface area contributed by atoms with Gasteiger partial charge in [-0.15, -0.1) is 0 Å². The van der Waals surface area contributed by atoms with E-state index in [4.69, 9.17) is 9.47 Å². The SMILES string of the molecule is COC(=O)c1ccc(C(=O)CC2COc3c(OC)cccc3C2=O)cc1. The lowest BCUT2D eigenvalue weighted by molar-refractivity contribution is 0.0600. The molecular formula is C20H18O6. The number of rotatable bonds is 5. The van der Waals surface area contributed by atoms with Gasteiger partial charge in [0, 0.05) is 12.0 Å². The highest BCUT2D eigenvalue weighted by atomic mass is 16.5. The molecule has 0 aromatic heterocycles. The molecule has 134 valence electrons. The molecule has 2 aromatic rings. The minimum absolute atomic E-state index is 0.0348. The summed E-state index contributed by atoms with van der Waals surface area (Å²) in [5.74, 6) is -0.419. The van der Waals surface area contributed by atoms with Crippen molar-refractivity contribution in [1.29, 1.82) is 0 Å². The molecule has 0 fully saturated rings. The number of para-hydroxylation sites is 1. The van der Waals surface area contributed by atoms with E-state index in [1.807, 2.05) is 0 Å². The molecule has 1 aliphatic rings. The van der Waals surface area contributed by atoms with Crippen molar-refractivity contribution in [3.05, 3.63) is 59.2 Å². The Balaban J connectivity index is 1.74. The van der Waals surface area contributed by atoms with Gasteiger partial charge in [0.15, 0.2) is 23.1 Å². The number of benzene rings is 2. The largest absolute Gasteiger partial charge is 0.493 e. The number of ether oxygens (including phenoxy) is 3. The van der Waals surface area contributed by atoms with Gasteiger partial charge in [0.25, 0.3) is 0 Å². The zero-order chi connectivity index (χ0) is 18.7. The Bertz CT molecular complexity index is 853. The molecule has 6 heteroatoms. The molecule has 0 spiro atoms. The maximum Gasteiger partial charge on any atom is 0.337 e. The van der Waals surface area contributed by atoms with Crippen molar-refractivity contribution in [2.24, 2.45) is 5.92 Å². The molecule has 6 nitrogen and oxygen atoms in total. The summed E-state index contributed by atoms with van der Waals surface area (Å²) in [6.45, 7) is 0.123. The number of ketones is 2. The Hall–Kier alpha value is -3.15. The Morgan fingerprint density at radius 2 is 1.77 bits per heavy atom. The van der Waals surface area contributed by atoms with E-state index in [9.17, 15) is 14.4 Å². The van der Waals surface area contributed by atoms with Crippen LogP contribution >= 0.6 is 0 Å². The first kappa shape index (κ1) is 17.7. The van der Waals surface area contributed by atoms with Gasteiger partial charge in [-0.3, -0.25) is 9.59 Å². The third-order valence-electron chi connectivity index (χ3n) is 4.32. The number of carbonyl (C=O) groups is 3. The normalized spacial score (nSPS) is 15.6. The van der Waals surface area contributed by atoms with E-state index in [1.54, 1.807) is 30.3 Å². The van der Waals surface area contributed by atoms with E-state index in [1.165, 1.54) is 26.4 Å². The minimum atomic E-state index is -0.553. The lowest BCUT2D eigenvalue weighted by atomic mass is 9.89. The molecule has 0 aliphatic carbocycles. The zero-order valence-electron chi connectivity index (χ0n) is 14.5. The molecule has 1 atom stereocenters. The summed E-state index contributed by atoms with van der Waals surface area (Å²) in [5, 5.41) is 0. The predicted octanol–water partition coefficient (Wildman–Crippen LogP) is 2.95. The van der Waals surface area contributed by atoms with Crippen molar-refractivity contribution < 1.29 is 28.6 Å². The van der Waals surface area contributed by atoms with Gasteiger partial charge in [-0.1, -0.05) is 18.2 Å². The molecule has 2 aromatic carbocycles. The molecule has 26 heavy (non-hydrogen) atoms. The van der Waals surface area contributed by atoms with Crippen molar-refractivity contribution in [2.75, 3.05) is 20.8 Å². The molecule has 0 saturated carbocycles. The van der Waals surface area contributed by atoms with Crippen LogP contribution in [-0.2, 0) is 4.74 Å². The lowest BCUT2D eigenvalue weighted by Gasteiger charge is -2.25. The minimum Gasteiger partial charge on any atom is -0.493 e. The van der Waals surface area contributed by atoms with Crippen LogP contribution in [0.5, 0.6) is 11.5 Å². The van der Waals surface area contributed by atoms with E-state index in [2.05, 4.69) is 4.74 Å². The number of Topliss-reactive ketones (excluding diaryl/α,β-unsaturated/α-hetero) is 2. The Labute approximate surface area is 150 Å². The second-order valence-corrected chi connectivity index (χ2v) is 5.91. The van der Waals surface area contributed by atoms with Crippen LogP contribution in [0, 0.1) is 5.92 Å². The molecular weight excluding hydrogens is 336 g/mol. The van der Waals surface area contributed by atoms with Gasteiger partial charge in [0.2, 0.25) is 0 Å². The summed E-state index contributed by atoms with van der Waals surface area (Å²) in [4.78, 5) is 36.6. The molecule has 1 unspecified atom stereocenters. The van der Waals surface area contributed by atoms with E-state index >= 15 is 0 Å². The quantitative estimate of drug-likeness (QED) is 0.607. The van der Waals surface area contributed by atoms with Gasteiger partial charge >= 0.3 is 5.97 Å². The fourth-order valence-electron chi connectivity index (χ4n) is 2.90. The van der Waals surface area contributed by atoms with Gasteiger partial charge in [0.05, 0.1) is 37.9 Å². The third-order valence-corrected chi connectivity index (χ3v) is 4.32. The molecule has 1 heterocycles. The second kappa shape index (κ2) is 7.39. The number of carbonyl (C=O) groups excluding carboxylic acids is 3. The fourth-order valence-corrected chi connectivity index (χ4v) is 2.90. The molecule has 0 bridgehead atoms. The number of esters is 1. The predicted molar refractivity (Wildman–Crippen MR) is 93.0 cm³/mol. The summed E-state index contributed by atoms with van der Waals surface area (Å²) in [6, 6.07) is 11.3. The summed E-state index contributed by atoms with van der Waals surface area (Å²) in [5.41, 5.74) is 1.22. The van der Waals surface area contributed by atoms with Crippen molar-refractivity contribution in [3.8, 4) is 11.5 Å². The standard InChI is InChI=1S/C20H18O6/c1-24-17-5-3-4-15-18(22)14(11-26-19(15)17)10-16(21)12-6-8-13(9-7-12)20(23)25-2/h3-9,14H,10-11H2,1-2H3. The van der Waals surface area contributed by atoms with Crippen molar-refractivity contribution in [2.45, 2.75) is 6.42 Å². The first-order chi connectivity index (χ1) is 12.5. The van der Waals surface area contributed by atoms with E-state index in [0.717, 1.165) is 0 Å². The first-order valence-electron chi connectivity index (χ1n) is 8.10. The van der Waals surface area contributed by atoms with Crippen LogP contribution in [0.3, 0.4) is 0 Å². The average Bonchev–Trinajstić information content (AvgIpc) is 2.69. The molecule has 3 rings (SSSR count). The summed E-state index contributed by atoms with van der Waals surface area (Å²) >= 11 is 0. The maximum absolute atomic E-state index is 12.7. The maximum atomic E-state index is 12.7.